The van der Waals surface area contributed by atoms with Crippen LogP contribution in [0, 0.1) is 5.82 Å². The van der Waals surface area contributed by atoms with Crippen molar-refractivity contribution in [3.05, 3.63) is 78.4 Å². The number of nitrogens with zero attached hydrogens (tertiary/aromatic N) is 2. The number of halogens is 1. The van der Waals surface area contributed by atoms with Gasteiger partial charge < -0.3 is 4.57 Å². The summed E-state index contributed by atoms with van der Waals surface area (Å²) in [6.07, 6.45) is 1.97. The highest BCUT2D eigenvalue weighted by atomic mass is 19.1. The second kappa shape index (κ2) is 4.70. The highest BCUT2D eigenvalue weighted by Crippen LogP contribution is 2.19. The Morgan fingerprint density at radius 3 is 2.71 bits per heavy atom. The van der Waals surface area contributed by atoms with E-state index in [0.717, 1.165) is 27.5 Å². The molecule has 0 radical (unpaired) electrons. The van der Waals surface area contributed by atoms with E-state index in [-0.39, 0.29) is 5.82 Å². The predicted molar refractivity (Wildman–Crippen MR) is 82.7 cm³/mol. The Labute approximate surface area is 121 Å². The molecule has 0 aliphatic rings. The van der Waals surface area contributed by atoms with E-state index in [0.29, 0.717) is 6.54 Å². The van der Waals surface area contributed by atoms with Gasteiger partial charge in [-0.3, -0.25) is 4.98 Å². The first-order valence-corrected chi connectivity index (χ1v) is 6.89. The third-order valence-electron chi connectivity index (χ3n) is 3.72. The number of hydrogen-bond acceptors (Lipinski definition) is 1. The summed E-state index contributed by atoms with van der Waals surface area (Å²) < 4.78 is 15.4. The van der Waals surface area contributed by atoms with Crippen LogP contribution in [-0.4, -0.2) is 9.55 Å². The van der Waals surface area contributed by atoms with Crippen molar-refractivity contribution in [3.8, 4) is 0 Å². The van der Waals surface area contributed by atoms with Gasteiger partial charge in [0.25, 0.3) is 0 Å². The maximum atomic E-state index is 13.4. The standard InChI is InChI=1S/C18H13FN2/c19-15-7-5-14-9-10-21(18(14)11-15)12-16-8-6-13-3-1-2-4-17(13)20-16/h1-11H,12H2. The molecule has 0 amide bonds. The van der Waals surface area contributed by atoms with Gasteiger partial charge in [0.05, 0.1) is 23.3 Å². The van der Waals surface area contributed by atoms with Gasteiger partial charge in [0.1, 0.15) is 5.82 Å². The van der Waals surface area contributed by atoms with Crippen LogP contribution in [0.2, 0.25) is 0 Å². The Kier molecular flexibility index (Phi) is 2.71. The fraction of sp³-hybridized carbons (Fsp3) is 0.0556. The minimum absolute atomic E-state index is 0.214. The Morgan fingerprint density at radius 2 is 1.76 bits per heavy atom. The summed E-state index contributed by atoms with van der Waals surface area (Å²) in [6.45, 7) is 0.637. The smallest absolute Gasteiger partial charge is 0.125 e. The van der Waals surface area contributed by atoms with E-state index in [1.807, 2.05) is 47.2 Å². The molecule has 4 aromatic rings. The fourth-order valence-electron chi connectivity index (χ4n) is 2.67. The third kappa shape index (κ3) is 2.17. The monoisotopic (exact) mass is 276 g/mol. The summed E-state index contributed by atoms with van der Waals surface area (Å²) in [6, 6.07) is 19.0. The number of para-hydroxylation sites is 1. The lowest BCUT2D eigenvalue weighted by atomic mass is 10.2. The van der Waals surface area contributed by atoms with Crippen molar-refractivity contribution in [1.82, 2.24) is 9.55 Å². The molecule has 2 nitrogen and oxygen atoms in total. The van der Waals surface area contributed by atoms with E-state index in [1.165, 1.54) is 6.07 Å². The fourth-order valence-corrected chi connectivity index (χ4v) is 2.67. The minimum Gasteiger partial charge on any atom is -0.341 e. The van der Waals surface area contributed by atoms with Gasteiger partial charge in [0, 0.05) is 11.6 Å². The molecule has 0 saturated heterocycles. The molecular formula is C18H13FN2. The van der Waals surface area contributed by atoms with Gasteiger partial charge in [0.2, 0.25) is 0 Å². The van der Waals surface area contributed by atoms with Crippen molar-refractivity contribution >= 4 is 21.8 Å². The molecule has 2 aromatic carbocycles. The normalized spacial score (nSPS) is 11.3. The van der Waals surface area contributed by atoms with Crippen LogP contribution < -0.4 is 0 Å². The summed E-state index contributed by atoms with van der Waals surface area (Å²) in [4.78, 5) is 4.66. The van der Waals surface area contributed by atoms with E-state index >= 15 is 0 Å². The van der Waals surface area contributed by atoms with Crippen LogP contribution in [0.25, 0.3) is 21.8 Å². The number of hydrogen-bond donors (Lipinski definition) is 0. The number of aromatic nitrogens is 2. The molecule has 0 atom stereocenters. The molecule has 0 aliphatic heterocycles. The van der Waals surface area contributed by atoms with E-state index in [1.54, 1.807) is 12.1 Å². The number of benzene rings is 2. The SMILES string of the molecule is Fc1ccc2ccn(Cc3ccc4ccccc4n3)c2c1. The van der Waals surface area contributed by atoms with Crippen LogP contribution in [0.15, 0.2) is 66.9 Å². The van der Waals surface area contributed by atoms with Gasteiger partial charge in [-0.25, -0.2) is 4.39 Å². The average molecular weight is 276 g/mol. The average Bonchev–Trinajstić information content (AvgIpc) is 2.89. The van der Waals surface area contributed by atoms with Gasteiger partial charge in [-0.05, 0) is 41.8 Å². The summed E-state index contributed by atoms with van der Waals surface area (Å²) in [5, 5.41) is 2.17. The molecule has 0 fully saturated rings. The lowest BCUT2D eigenvalue weighted by Gasteiger charge is -2.06. The second-order valence-electron chi connectivity index (χ2n) is 5.14. The van der Waals surface area contributed by atoms with Crippen molar-refractivity contribution < 1.29 is 4.39 Å². The molecule has 0 bridgehead atoms. The molecule has 0 spiro atoms. The van der Waals surface area contributed by atoms with Gasteiger partial charge >= 0.3 is 0 Å². The van der Waals surface area contributed by atoms with Crippen LogP contribution in [-0.2, 0) is 6.54 Å². The Hall–Kier alpha value is -2.68. The quantitative estimate of drug-likeness (QED) is 0.531. The maximum Gasteiger partial charge on any atom is 0.125 e. The van der Waals surface area contributed by atoms with E-state index in [2.05, 4.69) is 11.1 Å². The molecule has 102 valence electrons. The van der Waals surface area contributed by atoms with Crippen LogP contribution in [0.3, 0.4) is 0 Å². The summed E-state index contributed by atoms with van der Waals surface area (Å²) in [7, 11) is 0. The van der Waals surface area contributed by atoms with Crippen molar-refractivity contribution in [1.29, 1.82) is 0 Å². The topological polar surface area (TPSA) is 17.8 Å². The maximum absolute atomic E-state index is 13.4. The van der Waals surface area contributed by atoms with Crippen LogP contribution in [0.5, 0.6) is 0 Å². The molecule has 0 saturated carbocycles. The number of rotatable bonds is 2. The summed E-state index contributed by atoms with van der Waals surface area (Å²) in [5.74, 6) is -0.214. The lowest BCUT2D eigenvalue weighted by Crippen LogP contribution is -2.00. The molecule has 2 aromatic heterocycles. The van der Waals surface area contributed by atoms with Crippen molar-refractivity contribution in [3.63, 3.8) is 0 Å². The van der Waals surface area contributed by atoms with E-state index < -0.39 is 0 Å². The van der Waals surface area contributed by atoms with Crippen molar-refractivity contribution in [2.75, 3.05) is 0 Å². The molecular weight excluding hydrogens is 263 g/mol. The Morgan fingerprint density at radius 1 is 0.905 bits per heavy atom. The van der Waals surface area contributed by atoms with Gasteiger partial charge in [-0.2, -0.15) is 0 Å². The zero-order valence-electron chi connectivity index (χ0n) is 11.3. The third-order valence-corrected chi connectivity index (χ3v) is 3.72. The molecule has 21 heavy (non-hydrogen) atoms. The molecule has 0 aliphatic carbocycles. The van der Waals surface area contributed by atoms with Crippen molar-refractivity contribution in [2.45, 2.75) is 6.54 Å². The molecule has 2 heterocycles. The van der Waals surface area contributed by atoms with Gasteiger partial charge in [-0.1, -0.05) is 24.3 Å². The van der Waals surface area contributed by atoms with Crippen LogP contribution in [0.1, 0.15) is 5.69 Å². The lowest BCUT2D eigenvalue weighted by molar-refractivity contribution is 0.628. The largest absolute Gasteiger partial charge is 0.341 e. The minimum atomic E-state index is -0.214. The summed E-state index contributed by atoms with van der Waals surface area (Å²) >= 11 is 0. The second-order valence-corrected chi connectivity index (χ2v) is 5.14. The first-order chi connectivity index (χ1) is 10.3. The van der Waals surface area contributed by atoms with Gasteiger partial charge in [0.15, 0.2) is 0 Å². The van der Waals surface area contributed by atoms with E-state index in [9.17, 15) is 4.39 Å². The number of pyridine rings is 1. The first-order valence-electron chi connectivity index (χ1n) is 6.89. The van der Waals surface area contributed by atoms with E-state index in [4.69, 9.17) is 0 Å². The Balaban J connectivity index is 1.77. The highest BCUT2D eigenvalue weighted by molar-refractivity contribution is 5.80. The van der Waals surface area contributed by atoms with Crippen molar-refractivity contribution in [2.24, 2.45) is 0 Å². The highest BCUT2D eigenvalue weighted by Gasteiger charge is 2.04. The predicted octanol–water partition coefficient (Wildman–Crippen LogP) is 4.38. The molecule has 0 unspecified atom stereocenters. The molecule has 0 N–H and O–H groups in total. The summed E-state index contributed by atoms with van der Waals surface area (Å²) in [5.41, 5.74) is 2.85. The van der Waals surface area contributed by atoms with Gasteiger partial charge in [-0.15, -0.1) is 0 Å². The van der Waals surface area contributed by atoms with Crippen LogP contribution >= 0.6 is 0 Å². The number of fused-ring (bicyclic) bond motifs is 2. The Bertz CT molecular complexity index is 940. The zero-order chi connectivity index (χ0) is 14.2. The zero-order valence-corrected chi connectivity index (χ0v) is 11.3. The molecule has 4 rings (SSSR count). The first kappa shape index (κ1) is 12.1. The van der Waals surface area contributed by atoms with Crippen LogP contribution in [0.4, 0.5) is 4.39 Å². The molecule has 3 heteroatoms.